The van der Waals surface area contributed by atoms with E-state index in [0.717, 1.165) is 0 Å². The average Bonchev–Trinajstić information content (AvgIpc) is 3.97. The van der Waals surface area contributed by atoms with E-state index in [4.69, 9.17) is 0 Å². The second-order valence-corrected chi connectivity index (χ2v) is 19.1. The fourth-order valence-electron chi connectivity index (χ4n) is 7.38. The largest absolute Gasteiger partial charge is 4.00 e. The van der Waals surface area contributed by atoms with Gasteiger partial charge in [0, 0.05) is 0 Å². The molecular formula is C52H54Cl2S2Zr. The van der Waals surface area contributed by atoms with Gasteiger partial charge in [0.2, 0.25) is 0 Å². The van der Waals surface area contributed by atoms with Crippen LogP contribution in [0.1, 0.15) is 89.1 Å². The molecule has 0 aliphatic heterocycles. The molecule has 2 heterocycles. The Balaban J connectivity index is 0.000000240. The van der Waals surface area contributed by atoms with E-state index < -0.39 is 0 Å². The standard InChI is InChI=1S/2C26H27S.2ClH.Zr/c2*1-5-7-22-14-15-25(27-22)20-16-19-8-6-9-23(24(19)17-20)18-10-12-21(13-11-18)26(2,3)4;;;/h2*6,8-17H,5,7H2,1-4H3;2*1H;/q2*-1;;;+4/p-2. The predicted octanol–water partition coefficient (Wildman–Crippen LogP) is 10.4. The maximum absolute atomic E-state index is 2.36. The third kappa shape index (κ3) is 10.8. The molecule has 0 unspecified atom stereocenters. The molecule has 0 radical (unpaired) electrons. The molecule has 0 bridgehead atoms. The van der Waals surface area contributed by atoms with Crippen molar-refractivity contribution in [2.45, 2.75) is 91.9 Å². The van der Waals surface area contributed by atoms with Crippen molar-refractivity contribution in [2.75, 3.05) is 0 Å². The Morgan fingerprint density at radius 3 is 1.18 bits per heavy atom. The molecule has 0 saturated heterocycles. The van der Waals surface area contributed by atoms with Crippen molar-refractivity contribution in [3.63, 3.8) is 0 Å². The second kappa shape index (κ2) is 19.8. The van der Waals surface area contributed by atoms with Crippen molar-refractivity contribution in [3.05, 3.63) is 154 Å². The van der Waals surface area contributed by atoms with Crippen molar-refractivity contribution < 1.29 is 51.0 Å². The maximum atomic E-state index is 2.36. The first-order chi connectivity index (χ1) is 25.9. The van der Waals surface area contributed by atoms with Crippen molar-refractivity contribution >= 4 is 44.2 Å². The van der Waals surface area contributed by atoms with Gasteiger partial charge in [-0.15, -0.1) is 69.1 Å². The summed E-state index contributed by atoms with van der Waals surface area (Å²) in [5.41, 5.74) is 11.1. The third-order valence-corrected chi connectivity index (χ3v) is 12.9. The molecule has 0 amide bonds. The SMILES string of the molecule is CCCc1ccc(-c2cc3c(-c4ccc(C(C)(C)C)cc4)cccc3[cH-]2)s1.CCCc1ccc(-c2cc3c(-c4ccc(C(C)(C)C)cc4)cccc3[cH-]2)s1.[Cl-].[Cl-].[Zr+4]. The van der Waals surface area contributed by atoms with Gasteiger partial charge in [0.15, 0.2) is 0 Å². The smallest absolute Gasteiger partial charge is 1.00 e. The van der Waals surface area contributed by atoms with Crippen molar-refractivity contribution in [2.24, 2.45) is 0 Å². The number of hydrogen-bond donors (Lipinski definition) is 0. The minimum Gasteiger partial charge on any atom is -1.00 e. The Morgan fingerprint density at radius 1 is 0.474 bits per heavy atom. The van der Waals surface area contributed by atoms with Gasteiger partial charge in [-0.1, -0.05) is 176 Å². The molecule has 8 aromatic rings. The molecule has 57 heavy (non-hydrogen) atoms. The van der Waals surface area contributed by atoms with E-state index in [0.29, 0.717) is 0 Å². The molecule has 0 spiro atoms. The number of benzene rings is 4. The van der Waals surface area contributed by atoms with E-state index in [1.165, 1.54) is 111 Å². The number of fused-ring (bicyclic) bond motifs is 2. The van der Waals surface area contributed by atoms with E-state index >= 15 is 0 Å². The van der Waals surface area contributed by atoms with Crippen LogP contribution in [0.4, 0.5) is 0 Å². The molecule has 0 aliphatic carbocycles. The Kier molecular flexibility index (Phi) is 16.2. The zero-order valence-electron chi connectivity index (χ0n) is 34.6. The van der Waals surface area contributed by atoms with E-state index in [2.05, 4.69) is 189 Å². The summed E-state index contributed by atoms with van der Waals surface area (Å²) in [6, 6.07) is 50.0. The molecule has 0 saturated carbocycles. The molecule has 292 valence electrons. The molecular weight excluding hydrogens is 851 g/mol. The fourth-order valence-corrected chi connectivity index (χ4v) is 9.58. The van der Waals surface area contributed by atoms with Crippen LogP contribution in [0.2, 0.25) is 0 Å². The molecule has 0 nitrogen and oxygen atoms in total. The summed E-state index contributed by atoms with van der Waals surface area (Å²) in [4.78, 5) is 5.72. The van der Waals surface area contributed by atoms with Crippen LogP contribution in [0.25, 0.3) is 64.7 Å². The zero-order valence-corrected chi connectivity index (χ0v) is 40.2. The normalized spacial score (nSPS) is 11.4. The third-order valence-electron chi connectivity index (χ3n) is 10.5. The van der Waals surface area contributed by atoms with Crippen molar-refractivity contribution in [3.8, 4) is 43.1 Å². The van der Waals surface area contributed by atoms with Gasteiger partial charge >= 0.3 is 26.2 Å². The van der Waals surface area contributed by atoms with Gasteiger partial charge in [0.1, 0.15) is 0 Å². The van der Waals surface area contributed by atoms with Crippen LogP contribution in [-0.2, 0) is 49.9 Å². The number of thiophene rings is 2. The van der Waals surface area contributed by atoms with Crippen LogP contribution in [0.15, 0.2) is 133 Å². The zero-order chi connectivity index (χ0) is 38.0. The van der Waals surface area contributed by atoms with Crippen LogP contribution >= 0.6 is 22.7 Å². The van der Waals surface area contributed by atoms with E-state index in [1.54, 1.807) is 0 Å². The predicted molar refractivity (Wildman–Crippen MR) is 242 cm³/mol. The molecule has 0 N–H and O–H groups in total. The topological polar surface area (TPSA) is 0 Å². The van der Waals surface area contributed by atoms with Crippen LogP contribution in [0.3, 0.4) is 0 Å². The van der Waals surface area contributed by atoms with Crippen LogP contribution in [0.5, 0.6) is 0 Å². The van der Waals surface area contributed by atoms with E-state index in [9.17, 15) is 0 Å². The van der Waals surface area contributed by atoms with Gasteiger partial charge in [0.05, 0.1) is 0 Å². The molecule has 0 fully saturated rings. The molecule has 6 aromatic carbocycles. The van der Waals surface area contributed by atoms with Gasteiger partial charge < -0.3 is 24.8 Å². The van der Waals surface area contributed by atoms with Crippen molar-refractivity contribution in [1.29, 1.82) is 0 Å². The minimum absolute atomic E-state index is 0. The quantitative estimate of drug-likeness (QED) is 0.133. The first kappa shape index (κ1) is 46.7. The first-order valence-electron chi connectivity index (χ1n) is 19.7. The Labute approximate surface area is 381 Å². The molecule has 0 aliphatic rings. The molecule has 2 aromatic heterocycles. The maximum Gasteiger partial charge on any atom is 4.00 e. The number of hydrogen-bond acceptors (Lipinski definition) is 2. The van der Waals surface area contributed by atoms with Crippen LogP contribution < -0.4 is 24.8 Å². The number of halogens is 2. The Morgan fingerprint density at radius 2 is 0.842 bits per heavy atom. The number of aryl methyl sites for hydroxylation is 2. The number of rotatable bonds is 8. The Hall–Kier alpha value is -3.04. The summed E-state index contributed by atoms with van der Waals surface area (Å²) in [5, 5.41) is 5.35. The summed E-state index contributed by atoms with van der Waals surface area (Å²) in [6.45, 7) is 18.1. The monoisotopic (exact) mass is 902 g/mol. The molecule has 5 heteroatoms. The second-order valence-electron chi connectivity index (χ2n) is 16.8. The average molecular weight is 905 g/mol. The van der Waals surface area contributed by atoms with E-state index in [-0.39, 0.29) is 61.8 Å². The van der Waals surface area contributed by atoms with Crippen LogP contribution in [-0.4, -0.2) is 0 Å². The van der Waals surface area contributed by atoms with Gasteiger partial charge in [-0.25, -0.2) is 0 Å². The molecule has 0 atom stereocenters. The van der Waals surface area contributed by atoms with Gasteiger partial charge in [-0.3, -0.25) is 0 Å². The summed E-state index contributed by atoms with van der Waals surface area (Å²) in [6.07, 6.45) is 4.77. The van der Waals surface area contributed by atoms with Crippen LogP contribution in [0, 0.1) is 0 Å². The van der Waals surface area contributed by atoms with E-state index in [1.807, 2.05) is 22.7 Å². The van der Waals surface area contributed by atoms with Crippen molar-refractivity contribution in [1.82, 2.24) is 0 Å². The summed E-state index contributed by atoms with van der Waals surface area (Å²) in [7, 11) is 0. The minimum atomic E-state index is 0. The summed E-state index contributed by atoms with van der Waals surface area (Å²) < 4.78 is 0. The summed E-state index contributed by atoms with van der Waals surface area (Å²) in [5.74, 6) is 0. The first-order valence-corrected chi connectivity index (χ1v) is 21.3. The van der Waals surface area contributed by atoms with Gasteiger partial charge in [-0.05, 0) is 65.4 Å². The summed E-state index contributed by atoms with van der Waals surface area (Å²) >= 11 is 3.86. The van der Waals surface area contributed by atoms with Gasteiger partial charge in [-0.2, -0.15) is 22.7 Å². The molecule has 8 rings (SSSR count). The van der Waals surface area contributed by atoms with Gasteiger partial charge in [0.25, 0.3) is 0 Å². The Bertz CT molecular complexity index is 2300. The fraction of sp³-hybridized carbons (Fsp3) is 0.269.